The monoisotopic (exact) mass is 137 g/mol. The van der Waals surface area contributed by atoms with E-state index in [-0.39, 0.29) is 0 Å². The molecule has 3 heteroatoms. The summed E-state index contributed by atoms with van der Waals surface area (Å²) >= 11 is 0. The van der Waals surface area contributed by atoms with Crippen molar-refractivity contribution in [3.05, 3.63) is 24.3 Å². The summed E-state index contributed by atoms with van der Waals surface area (Å²) in [6.07, 6.45) is 8.47. The van der Waals surface area contributed by atoms with Crippen molar-refractivity contribution in [2.45, 2.75) is 12.1 Å². The fraction of sp³-hybridized carbons (Fsp3) is 0.429. The minimum atomic E-state index is 0.440. The van der Waals surface area contributed by atoms with Crippen LogP contribution in [0.3, 0.4) is 0 Å². The van der Waals surface area contributed by atoms with E-state index in [0.717, 1.165) is 0 Å². The fourth-order valence-electron chi connectivity index (χ4n) is 1.35. The first-order valence-electron chi connectivity index (χ1n) is 3.47. The van der Waals surface area contributed by atoms with Crippen LogP contribution < -0.4 is 11.0 Å². The lowest BCUT2D eigenvalue weighted by atomic mass is 10.0. The van der Waals surface area contributed by atoms with Crippen molar-refractivity contribution in [3.63, 3.8) is 0 Å². The summed E-state index contributed by atoms with van der Waals surface area (Å²) < 4.78 is 0. The van der Waals surface area contributed by atoms with Gasteiger partial charge in [-0.25, -0.2) is 10.4 Å². The molecule has 1 heterocycles. The number of fused-ring (bicyclic) bond motifs is 1. The molecule has 2 unspecified atom stereocenters. The Balaban J connectivity index is 2.19. The van der Waals surface area contributed by atoms with Gasteiger partial charge in [0.2, 0.25) is 0 Å². The van der Waals surface area contributed by atoms with Gasteiger partial charge < -0.3 is 0 Å². The van der Waals surface area contributed by atoms with Crippen molar-refractivity contribution < 1.29 is 0 Å². The number of nitrogens with one attached hydrogen (secondary N) is 2. The Hall–Kier alpha value is -0.640. The third-order valence-corrected chi connectivity index (χ3v) is 1.96. The quantitative estimate of drug-likeness (QED) is 0.484. The van der Waals surface area contributed by atoms with E-state index >= 15 is 0 Å². The highest BCUT2D eigenvalue weighted by Crippen LogP contribution is 2.12. The molecule has 0 aromatic heterocycles. The summed E-state index contributed by atoms with van der Waals surface area (Å²) in [4.78, 5) is 0. The Kier molecular flexibility index (Phi) is 1.34. The smallest absolute Gasteiger partial charge is 0.0639 e. The van der Waals surface area contributed by atoms with E-state index in [1.54, 1.807) is 0 Å². The Morgan fingerprint density at radius 3 is 2.90 bits per heavy atom. The van der Waals surface area contributed by atoms with E-state index in [1.807, 2.05) is 7.05 Å². The largest absolute Gasteiger partial charge is 0.235 e. The lowest BCUT2D eigenvalue weighted by molar-refractivity contribution is 0.253. The molecule has 0 spiro atoms. The lowest BCUT2D eigenvalue weighted by Crippen LogP contribution is -2.35. The third-order valence-electron chi connectivity index (χ3n) is 1.96. The van der Waals surface area contributed by atoms with Crippen LogP contribution in [0.15, 0.2) is 24.3 Å². The maximum Gasteiger partial charge on any atom is 0.0639 e. The summed E-state index contributed by atoms with van der Waals surface area (Å²) in [7, 11) is 2.03. The molecule has 10 heavy (non-hydrogen) atoms. The van der Waals surface area contributed by atoms with E-state index in [0.29, 0.717) is 12.1 Å². The van der Waals surface area contributed by atoms with Crippen LogP contribution in [0.1, 0.15) is 0 Å². The van der Waals surface area contributed by atoms with Gasteiger partial charge in [-0.1, -0.05) is 24.3 Å². The predicted octanol–water partition coefficient (Wildman–Crippen LogP) is -0.196. The van der Waals surface area contributed by atoms with Crippen LogP contribution in [-0.4, -0.2) is 24.1 Å². The summed E-state index contributed by atoms with van der Waals surface area (Å²) in [5, 5.41) is 2.06. The Morgan fingerprint density at radius 2 is 2.10 bits per heavy atom. The second-order valence-corrected chi connectivity index (χ2v) is 2.65. The molecule has 3 nitrogen and oxygen atoms in total. The van der Waals surface area contributed by atoms with Crippen LogP contribution in [0.4, 0.5) is 0 Å². The summed E-state index contributed by atoms with van der Waals surface area (Å²) in [6.45, 7) is 0. The number of rotatable bonds is 0. The molecule has 0 saturated carbocycles. The number of hydrogen-bond acceptors (Lipinski definition) is 3. The zero-order valence-corrected chi connectivity index (χ0v) is 5.91. The molecular weight excluding hydrogens is 126 g/mol. The molecule has 2 N–H and O–H groups in total. The van der Waals surface area contributed by atoms with Crippen LogP contribution in [0, 0.1) is 0 Å². The number of nitrogens with zero attached hydrogens (tertiary/aromatic N) is 1. The average Bonchev–Trinajstić information content (AvgIpc) is 2.34. The number of hydrazine groups is 2. The first-order valence-corrected chi connectivity index (χ1v) is 3.47. The molecular formula is C7H11N3. The normalized spacial score (nSPS) is 38.5. The van der Waals surface area contributed by atoms with Crippen molar-refractivity contribution in [1.82, 2.24) is 16.0 Å². The molecule has 1 saturated heterocycles. The second kappa shape index (κ2) is 2.20. The number of allylic oxidation sites excluding steroid dienone is 2. The zero-order valence-electron chi connectivity index (χ0n) is 5.91. The predicted molar refractivity (Wildman–Crippen MR) is 39.9 cm³/mol. The zero-order chi connectivity index (χ0) is 6.97. The molecule has 2 aliphatic rings. The van der Waals surface area contributed by atoms with Crippen LogP contribution in [-0.2, 0) is 0 Å². The van der Waals surface area contributed by atoms with Crippen LogP contribution in [0.5, 0.6) is 0 Å². The van der Waals surface area contributed by atoms with E-state index in [9.17, 15) is 0 Å². The highest BCUT2D eigenvalue weighted by molar-refractivity contribution is 5.21. The van der Waals surface area contributed by atoms with E-state index in [1.165, 1.54) is 0 Å². The summed E-state index contributed by atoms with van der Waals surface area (Å²) in [5.74, 6) is 0. The van der Waals surface area contributed by atoms with Crippen LogP contribution in [0.25, 0.3) is 0 Å². The minimum absolute atomic E-state index is 0.440. The van der Waals surface area contributed by atoms with Gasteiger partial charge in [0.25, 0.3) is 0 Å². The van der Waals surface area contributed by atoms with Gasteiger partial charge in [-0.2, -0.15) is 5.53 Å². The first-order chi connectivity index (χ1) is 4.88. The molecule has 0 amide bonds. The maximum atomic E-state index is 3.15. The molecule has 2 rings (SSSR count). The Morgan fingerprint density at radius 1 is 1.30 bits per heavy atom. The van der Waals surface area contributed by atoms with E-state index < -0.39 is 0 Å². The third kappa shape index (κ3) is 0.794. The average molecular weight is 137 g/mol. The van der Waals surface area contributed by atoms with Crippen molar-refractivity contribution >= 4 is 0 Å². The van der Waals surface area contributed by atoms with Crippen LogP contribution in [0.2, 0.25) is 0 Å². The van der Waals surface area contributed by atoms with Gasteiger partial charge in [0.05, 0.1) is 12.1 Å². The molecule has 0 radical (unpaired) electrons. The van der Waals surface area contributed by atoms with Crippen LogP contribution >= 0.6 is 0 Å². The molecule has 2 atom stereocenters. The lowest BCUT2D eigenvalue weighted by Gasteiger charge is -2.17. The Bertz CT molecular complexity index is 185. The molecule has 0 aromatic carbocycles. The van der Waals surface area contributed by atoms with Crippen molar-refractivity contribution in [3.8, 4) is 0 Å². The Labute approximate surface area is 60.3 Å². The minimum Gasteiger partial charge on any atom is -0.235 e. The van der Waals surface area contributed by atoms with Gasteiger partial charge in [0.15, 0.2) is 0 Å². The maximum absolute atomic E-state index is 3.15. The van der Waals surface area contributed by atoms with Crippen molar-refractivity contribution in [2.75, 3.05) is 7.05 Å². The SMILES string of the molecule is CN1NNC2C=CC=CC21. The fourth-order valence-corrected chi connectivity index (χ4v) is 1.35. The summed E-state index contributed by atoms with van der Waals surface area (Å²) in [6, 6.07) is 0.917. The van der Waals surface area contributed by atoms with Gasteiger partial charge in [0.1, 0.15) is 0 Å². The highest BCUT2D eigenvalue weighted by atomic mass is 15.7. The molecule has 1 aliphatic carbocycles. The first kappa shape index (κ1) is 6.09. The molecule has 54 valence electrons. The van der Waals surface area contributed by atoms with Crippen molar-refractivity contribution in [1.29, 1.82) is 0 Å². The van der Waals surface area contributed by atoms with E-state index in [4.69, 9.17) is 0 Å². The summed E-state index contributed by atoms with van der Waals surface area (Å²) in [5.41, 5.74) is 6.19. The molecule has 1 fully saturated rings. The van der Waals surface area contributed by atoms with Gasteiger partial charge >= 0.3 is 0 Å². The van der Waals surface area contributed by atoms with Gasteiger partial charge in [-0.3, -0.25) is 0 Å². The molecule has 1 aliphatic heterocycles. The highest BCUT2D eigenvalue weighted by Gasteiger charge is 2.27. The van der Waals surface area contributed by atoms with E-state index in [2.05, 4.69) is 40.3 Å². The van der Waals surface area contributed by atoms with Crippen molar-refractivity contribution in [2.24, 2.45) is 0 Å². The van der Waals surface area contributed by atoms with Gasteiger partial charge in [-0.05, 0) is 0 Å². The van der Waals surface area contributed by atoms with Gasteiger partial charge in [0, 0.05) is 7.05 Å². The van der Waals surface area contributed by atoms with Gasteiger partial charge in [-0.15, -0.1) is 0 Å². The number of likely N-dealkylation sites (N-methyl/N-ethyl adjacent to an activating group) is 1. The second-order valence-electron chi connectivity index (χ2n) is 2.65. The number of hydrogen-bond donors (Lipinski definition) is 2. The molecule has 0 aromatic rings. The standard InChI is InChI=1S/C7H11N3/c1-10-7-5-3-2-4-6(7)8-9-10/h2-9H,1H3. The topological polar surface area (TPSA) is 27.3 Å². The molecule has 0 bridgehead atoms.